The number of halogens is 5. The highest BCUT2D eigenvalue weighted by molar-refractivity contribution is 6.17. The fraction of sp³-hybridized carbons (Fsp3) is 0.531. The van der Waals surface area contributed by atoms with Crippen molar-refractivity contribution < 1.29 is 31.8 Å². The third kappa shape index (κ3) is 7.38. The quantitative estimate of drug-likeness (QED) is 0.189. The van der Waals surface area contributed by atoms with Crippen LogP contribution in [0.2, 0.25) is 0 Å². The molecule has 2 aliphatic heterocycles. The van der Waals surface area contributed by atoms with Crippen LogP contribution in [0.1, 0.15) is 54.7 Å². The highest BCUT2D eigenvalue weighted by Gasteiger charge is 2.54. The Morgan fingerprint density at radius 3 is 2.68 bits per heavy atom. The monoisotopic (exact) mass is 677 g/mol. The Labute approximate surface area is 275 Å². The third-order valence-corrected chi connectivity index (χ3v) is 9.17. The average molecular weight is 678 g/mol. The normalized spacial score (nSPS) is 17.7. The average Bonchev–Trinajstić information content (AvgIpc) is 2.99. The maximum atomic E-state index is 14.2. The van der Waals surface area contributed by atoms with E-state index in [-0.39, 0.29) is 28.7 Å². The van der Waals surface area contributed by atoms with Crippen LogP contribution >= 0.6 is 11.6 Å². The third-order valence-electron chi connectivity index (χ3n) is 8.91. The summed E-state index contributed by atoms with van der Waals surface area (Å²) in [7, 11) is 0. The smallest absolute Gasteiger partial charge is 0.406 e. The Morgan fingerprint density at radius 2 is 1.96 bits per heavy atom. The molecule has 47 heavy (non-hydrogen) atoms. The van der Waals surface area contributed by atoms with Gasteiger partial charge in [-0.15, -0.1) is 21.8 Å². The van der Waals surface area contributed by atoms with E-state index in [4.69, 9.17) is 21.1 Å². The van der Waals surface area contributed by atoms with Crippen LogP contribution in [0.15, 0.2) is 36.8 Å². The lowest BCUT2D eigenvalue weighted by molar-refractivity contribution is -0.143. The Hall–Kier alpha value is -3.78. The van der Waals surface area contributed by atoms with E-state index in [9.17, 15) is 22.4 Å². The van der Waals surface area contributed by atoms with Crippen molar-refractivity contribution >= 4 is 23.3 Å². The van der Waals surface area contributed by atoms with Gasteiger partial charge in [0.25, 0.3) is 11.8 Å². The van der Waals surface area contributed by atoms with E-state index in [1.807, 2.05) is 17.2 Å². The summed E-state index contributed by atoms with van der Waals surface area (Å²) in [5.74, 6) is -0.119. The number of carbonyl (C=O) groups excluding carboxylic acids is 1. The number of hydrogen-bond acceptors (Lipinski definition) is 9. The summed E-state index contributed by atoms with van der Waals surface area (Å²) in [6.45, 7) is 5.42. The van der Waals surface area contributed by atoms with Gasteiger partial charge in [-0.1, -0.05) is 0 Å². The summed E-state index contributed by atoms with van der Waals surface area (Å²) in [5, 5.41) is 7.86. The molecule has 2 aromatic heterocycles. The van der Waals surface area contributed by atoms with E-state index in [2.05, 4.69) is 25.1 Å². The molecule has 3 aromatic rings. The molecule has 0 radical (unpaired) electrons. The van der Waals surface area contributed by atoms with E-state index in [0.29, 0.717) is 29.7 Å². The highest BCUT2D eigenvalue weighted by Crippen LogP contribution is 2.52. The van der Waals surface area contributed by atoms with Crippen LogP contribution in [-0.4, -0.2) is 92.8 Å². The zero-order valence-electron chi connectivity index (χ0n) is 26.1. The van der Waals surface area contributed by atoms with Gasteiger partial charge < -0.3 is 19.3 Å². The number of anilines is 1. The Morgan fingerprint density at radius 1 is 1.17 bits per heavy atom. The fourth-order valence-corrected chi connectivity index (χ4v) is 6.75. The fourth-order valence-electron chi connectivity index (χ4n) is 6.63. The first kappa shape index (κ1) is 33.1. The van der Waals surface area contributed by atoms with Crippen molar-refractivity contribution in [3.8, 4) is 17.4 Å². The summed E-state index contributed by atoms with van der Waals surface area (Å²) in [6, 6.07) is 4.24. The van der Waals surface area contributed by atoms with Crippen LogP contribution in [0.5, 0.6) is 17.4 Å². The number of ether oxygens (including phenoxy) is 2. The molecule has 0 bridgehead atoms. The number of alkyl halides is 4. The first-order chi connectivity index (χ1) is 22.4. The second-order valence-electron chi connectivity index (χ2n) is 12.8. The summed E-state index contributed by atoms with van der Waals surface area (Å²) in [4.78, 5) is 27.1. The molecule has 0 N–H and O–H groups in total. The number of benzene rings is 1. The zero-order chi connectivity index (χ0) is 33.3. The summed E-state index contributed by atoms with van der Waals surface area (Å²) < 4.78 is 66.4. The first-order valence-corrected chi connectivity index (χ1v) is 16.2. The first-order valence-electron chi connectivity index (χ1n) is 15.6. The molecule has 1 saturated heterocycles. The largest absolute Gasteiger partial charge is 0.490 e. The number of carbonyl (C=O) groups is 1. The van der Waals surface area contributed by atoms with Crippen LogP contribution < -0.4 is 14.4 Å². The lowest BCUT2D eigenvalue weighted by atomic mass is 9.61. The lowest BCUT2D eigenvalue weighted by Gasteiger charge is -2.58. The van der Waals surface area contributed by atoms with Gasteiger partial charge >= 0.3 is 6.18 Å². The highest BCUT2D eigenvalue weighted by atomic mass is 35.5. The SMILES string of the molecule is CC(C)N(CC(F)(F)F)C(=O)c1cc(F)ccc1Oc1nncnc1N1CC2(CC(Oc3ccnc4c3CN(CCCCl)CC4)C2)C1. The Bertz CT molecular complexity index is 1600. The number of pyridine rings is 1. The summed E-state index contributed by atoms with van der Waals surface area (Å²) >= 11 is 5.91. The minimum absolute atomic E-state index is 0.0265. The maximum absolute atomic E-state index is 14.2. The number of rotatable bonds is 11. The molecule has 1 saturated carbocycles. The van der Waals surface area contributed by atoms with Crippen LogP contribution in [0, 0.1) is 11.2 Å². The molecule has 10 nitrogen and oxygen atoms in total. The van der Waals surface area contributed by atoms with Crippen molar-refractivity contribution in [3.63, 3.8) is 0 Å². The van der Waals surface area contributed by atoms with Crippen molar-refractivity contribution in [2.45, 2.75) is 64.4 Å². The minimum atomic E-state index is -4.64. The van der Waals surface area contributed by atoms with Crippen LogP contribution in [-0.2, 0) is 13.0 Å². The van der Waals surface area contributed by atoms with Crippen LogP contribution in [0.3, 0.4) is 0 Å². The lowest BCUT2D eigenvalue weighted by Crippen LogP contribution is -2.65. The number of hydrogen-bond donors (Lipinski definition) is 0. The second kappa shape index (κ2) is 13.4. The number of fused-ring (bicyclic) bond motifs is 1. The molecule has 0 unspecified atom stereocenters. The van der Waals surface area contributed by atoms with Gasteiger partial charge in [0, 0.05) is 67.4 Å². The van der Waals surface area contributed by atoms with E-state index >= 15 is 0 Å². The van der Waals surface area contributed by atoms with Crippen molar-refractivity contribution in [1.29, 1.82) is 0 Å². The number of nitrogens with zero attached hydrogens (tertiary/aromatic N) is 7. The molecular weight excluding hydrogens is 642 g/mol. The summed E-state index contributed by atoms with van der Waals surface area (Å²) in [6.07, 6.45) is 2.02. The van der Waals surface area contributed by atoms with Crippen LogP contribution in [0.4, 0.5) is 23.4 Å². The van der Waals surface area contributed by atoms with E-state index in [1.54, 1.807) is 0 Å². The van der Waals surface area contributed by atoms with Crippen LogP contribution in [0.25, 0.3) is 0 Å². The van der Waals surface area contributed by atoms with Gasteiger partial charge in [-0.05, 0) is 63.9 Å². The molecule has 6 rings (SSSR count). The molecule has 3 aliphatic rings. The topological polar surface area (TPSA) is 96.8 Å². The standard InChI is InChI=1S/C32H36ClF4N7O3/c1-20(2)44(18-32(35,36)37)30(45)23-12-21(34)4-5-26(23)47-29-28(39-19-40-41-29)43-16-31(17-43)13-22(14-31)46-27-6-9-38-25-7-11-42(10-3-8-33)15-24(25)27/h4-6,9,12,19-20,22H,3,7-8,10-11,13-18H2,1-2H3. The Kier molecular flexibility index (Phi) is 9.43. The maximum Gasteiger partial charge on any atom is 0.406 e. The molecule has 2 fully saturated rings. The molecule has 0 atom stereocenters. The summed E-state index contributed by atoms with van der Waals surface area (Å²) in [5.41, 5.74) is 1.89. The number of amides is 1. The van der Waals surface area contributed by atoms with Gasteiger partial charge in [0.15, 0.2) is 5.82 Å². The van der Waals surface area contributed by atoms with Crippen molar-refractivity contribution in [2.75, 3.05) is 43.5 Å². The molecule has 1 amide bonds. The molecule has 1 spiro atoms. The Balaban J connectivity index is 1.11. The minimum Gasteiger partial charge on any atom is -0.490 e. The zero-order valence-corrected chi connectivity index (χ0v) is 26.9. The van der Waals surface area contributed by atoms with E-state index < -0.39 is 30.5 Å². The molecule has 252 valence electrons. The van der Waals surface area contributed by atoms with Crippen molar-refractivity contribution in [1.82, 2.24) is 30.0 Å². The molecule has 15 heteroatoms. The van der Waals surface area contributed by atoms with E-state index in [0.717, 1.165) is 74.5 Å². The molecule has 1 aliphatic carbocycles. The van der Waals surface area contributed by atoms with E-state index in [1.165, 1.54) is 26.2 Å². The van der Waals surface area contributed by atoms with Gasteiger partial charge in [-0.2, -0.15) is 13.2 Å². The predicted molar refractivity (Wildman–Crippen MR) is 165 cm³/mol. The van der Waals surface area contributed by atoms with Crippen molar-refractivity contribution in [2.24, 2.45) is 5.41 Å². The van der Waals surface area contributed by atoms with Gasteiger partial charge in [0.05, 0.1) is 5.56 Å². The second-order valence-corrected chi connectivity index (χ2v) is 13.2. The molecule has 4 heterocycles. The predicted octanol–water partition coefficient (Wildman–Crippen LogP) is 5.65. The molecular formula is C32H36ClF4N7O3. The van der Waals surface area contributed by atoms with Gasteiger partial charge in [-0.3, -0.25) is 14.7 Å². The van der Waals surface area contributed by atoms with Gasteiger partial charge in [-0.25, -0.2) is 9.37 Å². The van der Waals surface area contributed by atoms with Crippen molar-refractivity contribution in [3.05, 3.63) is 59.4 Å². The van der Waals surface area contributed by atoms with Gasteiger partial charge in [0.1, 0.15) is 36.3 Å². The molecule has 1 aromatic carbocycles. The van der Waals surface area contributed by atoms with Gasteiger partial charge in [0.2, 0.25) is 0 Å². The number of aromatic nitrogens is 4.